The Morgan fingerprint density at radius 1 is 1.33 bits per heavy atom. The minimum Gasteiger partial charge on any atom is -0.312 e. The van der Waals surface area contributed by atoms with Gasteiger partial charge in [-0.25, -0.2) is 4.79 Å². The van der Waals surface area contributed by atoms with Crippen molar-refractivity contribution in [1.82, 2.24) is 5.32 Å². The summed E-state index contributed by atoms with van der Waals surface area (Å²) in [5.74, 6) is -0.195. The Bertz CT molecular complexity index is 579. The van der Waals surface area contributed by atoms with Crippen LogP contribution in [0.3, 0.4) is 0 Å². The van der Waals surface area contributed by atoms with Crippen LogP contribution in [0.2, 0.25) is 0 Å². The normalized spacial score (nSPS) is 11.6. The molecule has 0 aromatic heterocycles. The molecule has 0 heterocycles. The first-order valence-corrected chi connectivity index (χ1v) is 7.98. The highest BCUT2D eigenvalue weighted by molar-refractivity contribution is 5.90. The van der Waals surface area contributed by atoms with E-state index in [9.17, 15) is 14.9 Å². The van der Waals surface area contributed by atoms with E-state index in [4.69, 9.17) is 9.78 Å². The Kier molecular flexibility index (Phi) is 7.31. The number of carbonyl (C=O) groups is 1. The molecule has 0 radical (unpaired) electrons. The molecule has 0 aliphatic rings. The van der Waals surface area contributed by atoms with E-state index in [1.807, 2.05) is 0 Å². The predicted octanol–water partition coefficient (Wildman–Crippen LogP) is 3.62. The maximum absolute atomic E-state index is 11.9. The second kappa shape index (κ2) is 8.75. The molecule has 0 aliphatic carbocycles. The van der Waals surface area contributed by atoms with Gasteiger partial charge in [0.05, 0.1) is 10.5 Å². The van der Waals surface area contributed by atoms with Gasteiger partial charge >= 0.3 is 5.97 Å². The van der Waals surface area contributed by atoms with E-state index in [1.54, 1.807) is 26.8 Å². The van der Waals surface area contributed by atoms with E-state index in [2.05, 4.69) is 19.2 Å². The standard InChI is InChI=1S/C17H26N2O5/c1-12(2)8-9-18-11-14-7-6-13(10-15(14)19(21)22)16(20)23-24-17(3,4)5/h6-7,10,12,18H,8-9,11H2,1-5H3. The van der Waals surface area contributed by atoms with E-state index in [-0.39, 0.29) is 11.3 Å². The highest BCUT2D eigenvalue weighted by Gasteiger charge is 2.21. The van der Waals surface area contributed by atoms with Crippen LogP contribution in [0.1, 0.15) is 57.0 Å². The third-order valence-corrected chi connectivity index (χ3v) is 3.10. The lowest BCUT2D eigenvalue weighted by atomic mass is 10.1. The molecule has 0 aliphatic heterocycles. The molecular weight excluding hydrogens is 312 g/mol. The van der Waals surface area contributed by atoms with E-state index >= 15 is 0 Å². The molecule has 1 aromatic carbocycles. The fourth-order valence-corrected chi connectivity index (χ4v) is 1.84. The Labute approximate surface area is 142 Å². The van der Waals surface area contributed by atoms with Gasteiger partial charge in [-0.15, -0.1) is 0 Å². The van der Waals surface area contributed by atoms with Gasteiger partial charge in [0, 0.05) is 18.2 Å². The van der Waals surface area contributed by atoms with Crippen molar-refractivity contribution in [3.05, 3.63) is 39.4 Å². The number of nitrogens with one attached hydrogen (secondary N) is 1. The first-order chi connectivity index (χ1) is 11.1. The summed E-state index contributed by atoms with van der Waals surface area (Å²) < 4.78 is 0. The topological polar surface area (TPSA) is 90.7 Å². The van der Waals surface area contributed by atoms with Crippen LogP contribution >= 0.6 is 0 Å². The van der Waals surface area contributed by atoms with Crippen molar-refractivity contribution >= 4 is 11.7 Å². The van der Waals surface area contributed by atoms with E-state index in [0.29, 0.717) is 18.0 Å². The summed E-state index contributed by atoms with van der Waals surface area (Å²) in [6.45, 7) is 10.6. The number of rotatable bonds is 8. The summed E-state index contributed by atoms with van der Waals surface area (Å²) >= 11 is 0. The van der Waals surface area contributed by atoms with Crippen LogP contribution in [0.4, 0.5) is 5.69 Å². The van der Waals surface area contributed by atoms with Crippen LogP contribution in [0.5, 0.6) is 0 Å². The van der Waals surface area contributed by atoms with Gasteiger partial charge in [0.15, 0.2) is 0 Å². The molecule has 0 saturated carbocycles. The molecule has 0 atom stereocenters. The van der Waals surface area contributed by atoms with Crippen molar-refractivity contribution in [3.8, 4) is 0 Å². The fraction of sp³-hybridized carbons (Fsp3) is 0.588. The summed E-state index contributed by atoms with van der Waals surface area (Å²) in [5.41, 5.74) is -0.159. The third-order valence-electron chi connectivity index (χ3n) is 3.10. The first kappa shape index (κ1) is 20.1. The average Bonchev–Trinajstić information content (AvgIpc) is 2.48. The average molecular weight is 338 g/mol. The zero-order valence-electron chi connectivity index (χ0n) is 14.9. The molecular formula is C17H26N2O5. The van der Waals surface area contributed by atoms with Gasteiger partial charge in [-0.1, -0.05) is 19.9 Å². The Hall–Kier alpha value is -1.99. The van der Waals surface area contributed by atoms with Gasteiger partial charge in [0.25, 0.3) is 5.69 Å². The number of benzene rings is 1. The molecule has 24 heavy (non-hydrogen) atoms. The molecule has 1 rings (SSSR count). The van der Waals surface area contributed by atoms with Crippen molar-refractivity contribution in [2.24, 2.45) is 5.92 Å². The highest BCUT2D eigenvalue weighted by atomic mass is 17.2. The van der Waals surface area contributed by atoms with Gasteiger partial charge < -0.3 is 5.32 Å². The zero-order chi connectivity index (χ0) is 18.3. The summed E-state index contributed by atoms with van der Waals surface area (Å²) in [5, 5.41) is 14.4. The summed E-state index contributed by atoms with van der Waals surface area (Å²) in [6, 6.07) is 4.28. The minimum absolute atomic E-state index is 0.0804. The Balaban J connectivity index is 2.79. The maximum Gasteiger partial charge on any atom is 0.373 e. The highest BCUT2D eigenvalue weighted by Crippen LogP contribution is 2.21. The summed E-state index contributed by atoms with van der Waals surface area (Å²) in [6.07, 6.45) is 0.988. The second-order valence-corrected chi connectivity index (χ2v) is 7.03. The van der Waals surface area contributed by atoms with Crippen molar-refractivity contribution < 1.29 is 19.5 Å². The van der Waals surface area contributed by atoms with Crippen LogP contribution < -0.4 is 5.32 Å². The van der Waals surface area contributed by atoms with Crippen LogP contribution in [-0.4, -0.2) is 23.0 Å². The lowest BCUT2D eigenvalue weighted by molar-refractivity contribution is -0.385. The van der Waals surface area contributed by atoms with Crippen molar-refractivity contribution in [1.29, 1.82) is 0 Å². The minimum atomic E-state index is -0.757. The number of nitro groups is 1. The molecule has 0 unspecified atom stereocenters. The Morgan fingerprint density at radius 2 is 2.00 bits per heavy atom. The van der Waals surface area contributed by atoms with E-state index in [0.717, 1.165) is 13.0 Å². The van der Waals surface area contributed by atoms with Gasteiger partial charge in [0.2, 0.25) is 0 Å². The quantitative estimate of drug-likeness (QED) is 0.337. The number of hydrogen-bond donors (Lipinski definition) is 1. The summed E-state index contributed by atoms with van der Waals surface area (Å²) in [4.78, 5) is 32.3. The molecule has 0 saturated heterocycles. The smallest absolute Gasteiger partial charge is 0.312 e. The molecule has 1 N–H and O–H groups in total. The van der Waals surface area contributed by atoms with Crippen molar-refractivity contribution in [2.45, 2.75) is 53.2 Å². The predicted molar refractivity (Wildman–Crippen MR) is 90.5 cm³/mol. The van der Waals surface area contributed by atoms with Crippen molar-refractivity contribution in [2.75, 3.05) is 6.54 Å². The second-order valence-electron chi connectivity index (χ2n) is 7.03. The molecule has 0 fully saturated rings. The van der Waals surface area contributed by atoms with Gasteiger partial charge in [-0.2, -0.15) is 4.89 Å². The van der Waals surface area contributed by atoms with Gasteiger partial charge in [-0.3, -0.25) is 15.0 Å². The van der Waals surface area contributed by atoms with Crippen LogP contribution in [0, 0.1) is 16.0 Å². The molecule has 0 bridgehead atoms. The number of carbonyl (C=O) groups excluding carboxylic acids is 1. The van der Waals surface area contributed by atoms with Crippen molar-refractivity contribution in [3.63, 3.8) is 0 Å². The molecule has 0 spiro atoms. The van der Waals surface area contributed by atoms with Crippen LogP contribution in [-0.2, 0) is 16.3 Å². The number of nitro benzene ring substituents is 1. The largest absolute Gasteiger partial charge is 0.373 e. The zero-order valence-corrected chi connectivity index (χ0v) is 14.9. The molecule has 0 amide bonds. The number of nitrogens with zero attached hydrogens (tertiary/aromatic N) is 1. The monoisotopic (exact) mass is 338 g/mol. The molecule has 7 heteroatoms. The molecule has 7 nitrogen and oxygen atoms in total. The number of hydrogen-bond acceptors (Lipinski definition) is 6. The first-order valence-electron chi connectivity index (χ1n) is 7.98. The van der Waals surface area contributed by atoms with Crippen LogP contribution in [0.25, 0.3) is 0 Å². The Morgan fingerprint density at radius 3 is 2.54 bits per heavy atom. The lowest BCUT2D eigenvalue weighted by Gasteiger charge is -2.16. The lowest BCUT2D eigenvalue weighted by Crippen LogP contribution is -2.22. The maximum atomic E-state index is 11.9. The fourth-order valence-electron chi connectivity index (χ4n) is 1.84. The molecule has 134 valence electrons. The van der Waals surface area contributed by atoms with Gasteiger partial charge in [-0.05, 0) is 45.7 Å². The van der Waals surface area contributed by atoms with Gasteiger partial charge in [0.1, 0.15) is 5.60 Å². The van der Waals surface area contributed by atoms with E-state index < -0.39 is 16.5 Å². The summed E-state index contributed by atoms with van der Waals surface area (Å²) in [7, 11) is 0. The molecule has 1 aromatic rings. The van der Waals surface area contributed by atoms with E-state index in [1.165, 1.54) is 12.1 Å². The SMILES string of the molecule is CC(C)CCNCc1ccc(C(=O)OOC(C)(C)C)cc1[N+](=O)[O-]. The third kappa shape index (κ3) is 7.06. The van der Waals surface area contributed by atoms with Crippen LogP contribution in [0.15, 0.2) is 18.2 Å².